The number of nitrogens with one attached hydrogen (secondary N) is 1. The Bertz CT molecular complexity index is 526. The Labute approximate surface area is 148 Å². The summed E-state index contributed by atoms with van der Waals surface area (Å²) in [6, 6.07) is 9.83. The highest BCUT2D eigenvalue weighted by Crippen LogP contribution is 2.41. The van der Waals surface area contributed by atoms with Crippen LogP contribution < -0.4 is 5.32 Å². The molecule has 0 saturated carbocycles. The molecule has 0 aromatic heterocycles. The molecule has 0 spiro atoms. The molecule has 2 atom stereocenters. The normalized spacial score (nSPS) is 19.3. The maximum absolute atomic E-state index is 12.1. The number of rotatable bonds is 7. The van der Waals surface area contributed by atoms with Crippen molar-refractivity contribution < 1.29 is 9.90 Å². The Kier molecular flexibility index (Phi) is 7.44. The monoisotopic (exact) mass is 377 g/mol. The zero-order valence-electron chi connectivity index (χ0n) is 11.8. The summed E-state index contributed by atoms with van der Waals surface area (Å²) < 4.78 is 0.487. The second-order valence-electron chi connectivity index (χ2n) is 4.88. The van der Waals surface area contributed by atoms with Crippen LogP contribution in [-0.4, -0.2) is 34.7 Å². The maximum Gasteiger partial charge on any atom is 0.234 e. The quantitative estimate of drug-likeness (QED) is 0.762. The number of aliphatic hydroxyl groups is 1. The van der Waals surface area contributed by atoms with Crippen LogP contribution in [0.5, 0.6) is 0 Å². The Morgan fingerprint density at radius 2 is 2.14 bits per heavy atom. The van der Waals surface area contributed by atoms with Gasteiger partial charge in [-0.05, 0) is 5.56 Å². The molecule has 0 saturated heterocycles. The lowest BCUT2D eigenvalue weighted by atomic mass is 10.2. The molecular formula is C15H17Cl2NO2S2. The van der Waals surface area contributed by atoms with Crippen molar-refractivity contribution in [3.63, 3.8) is 0 Å². The third-order valence-electron chi connectivity index (χ3n) is 3.11. The zero-order valence-corrected chi connectivity index (χ0v) is 14.9. The SMILES string of the molecule is O=C(NC(CO)CSCc1ccccc1)C1CC(Cl)=C(Cl)S1. The lowest BCUT2D eigenvalue weighted by Gasteiger charge is -2.18. The zero-order chi connectivity index (χ0) is 15.9. The van der Waals surface area contributed by atoms with E-state index in [1.54, 1.807) is 11.8 Å². The van der Waals surface area contributed by atoms with E-state index in [0.29, 0.717) is 21.6 Å². The van der Waals surface area contributed by atoms with Gasteiger partial charge in [-0.2, -0.15) is 11.8 Å². The third-order valence-corrected chi connectivity index (χ3v) is 6.45. The lowest BCUT2D eigenvalue weighted by molar-refractivity contribution is -0.121. The molecule has 7 heteroatoms. The van der Waals surface area contributed by atoms with Crippen molar-refractivity contribution in [2.45, 2.75) is 23.5 Å². The molecule has 0 bridgehead atoms. The van der Waals surface area contributed by atoms with E-state index in [-0.39, 0.29) is 23.8 Å². The molecular weight excluding hydrogens is 361 g/mol. The summed E-state index contributed by atoms with van der Waals surface area (Å²) >= 11 is 14.8. The first-order valence-corrected chi connectivity index (χ1v) is 9.63. The summed E-state index contributed by atoms with van der Waals surface area (Å²) in [7, 11) is 0. The number of hydrogen-bond acceptors (Lipinski definition) is 4. The van der Waals surface area contributed by atoms with Gasteiger partial charge in [0.2, 0.25) is 5.91 Å². The van der Waals surface area contributed by atoms with E-state index >= 15 is 0 Å². The summed E-state index contributed by atoms with van der Waals surface area (Å²) in [5.41, 5.74) is 1.23. The number of benzene rings is 1. The van der Waals surface area contributed by atoms with Crippen molar-refractivity contribution in [2.24, 2.45) is 0 Å². The molecule has 1 aromatic carbocycles. The molecule has 1 amide bonds. The van der Waals surface area contributed by atoms with Gasteiger partial charge in [-0.25, -0.2) is 0 Å². The van der Waals surface area contributed by atoms with Crippen LogP contribution in [0.25, 0.3) is 0 Å². The van der Waals surface area contributed by atoms with Crippen LogP contribution in [0.2, 0.25) is 0 Å². The Balaban J connectivity index is 1.74. The fraction of sp³-hybridized carbons (Fsp3) is 0.400. The highest BCUT2D eigenvalue weighted by Gasteiger charge is 2.30. The largest absolute Gasteiger partial charge is 0.394 e. The molecule has 1 aliphatic heterocycles. The van der Waals surface area contributed by atoms with E-state index in [0.717, 1.165) is 5.75 Å². The van der Waals surface area contributed by atoms with Gasteiger partial charge >= 0.3 is 0 Å². The van der Waals surface area contributed by atoms with Crippen LogP contribution in [0.3, 0.4) is 0 Å². The Hall–Kier alpha value is -0.330. The van der Waals surface area contributed by atoms with Gasteiger partial charge in [-0.15, -0.1) is 0 Å². The highest BCUT2D eigenvalue weighted by atomic mass is 35.5. The number of carbonyl (C=O) groups excluding carboxylic acids is 1. The summed E-state index contributed by atoms with van der Waals surface area (Å²) in [6.45, 7) is -0.0835. The van der Waals surface area contributed by atoms with Crippen molar-refractivity contribution in [2.75, 3.05) is 12.4 Å². The molecule has 120 valence electrons. The molecule has 0 aliphatic carbocycles. The van der Waals surface area contributed by atoms with E-state index in [1.807, 2.05) is 18.2 Å². The van der Waals surface area contributed by atoms with Crippen molar-refractivity contribution >= 4 is 52.6 Å². The molecule has 22 heavy (non-hydrogen) atoms. The number of thioether (sulfide) groups is 2. The molecule has 1 heterocycles. The van der Waals surface area contributed by atoms with Gasteiger partial charge in [0.1, 0.15) is 0 Å². The summed E-state index contributed by atoms with van der Waals surface area (Å²) in [6.07, 6.45) is 0.451. The van der Waals surface area contributed by atoms with Gasteiger partial charge in [-0.1, -0.05) is 65.3 Å². The van der Waals surface area contributed by atoms with Gasteiger partial charge < -0.3 is 10.4 Å². The summed E-state index contributed by atoms with van der Waals surface area (Å²) in [5.74, 6) is 1.38. The molecule has 2 unspecified atom stereocenters. The predicted molar refractivity (Wildman–Crippen MR) is 96.3 cm³/mol. The number of amides is 1. The number of carbonyl (C=O) groups is 1. The fourth-order valence-electron chi connectivity index (χ4n) is 1.95. The fourth-order valence-corrected chi connectivity index (χ4v) is 4.63. The maximum atomic E-state index is 12.1. The minimum Gasteiger partial charge on any atom is -0.394 e. The van der Waals surface area contributed by atoms with Gasteiger partial charge in [-0.3, -0.25) is 4.79 Å². The standard InChI is InChI=1S/C15H17Cl2NO2S2/c16-12-6-13(22-14(12)17)15(20)18-11(7-19)9-21-8-10-4-2-1-3-5-10/h1-5,11,13,19H,6-9H2,(H,18,20). The van der Waals surface area contributed by atoms with E-state index in [1.165, 1.54) is 17.3 Å². The van der Waals surface area contributed by atoms with E-state index in [9.17, 15) is 9.90 Å². The Morgan fingerprint density at radius 3 is 2.73 bits per heavy atom. The van der Waals surface area contributed by atoms with Crippen LogP contribution in [0, 0.1) is 0 Å². The first kappa shape index (κ1) is 18.0. The number of hydrogen-bond donors (Lipinski definition) is 2. The second kappa shape index (κ2) is 9.08. The third kappa shape index (κ3) is 5.39. The molecule has 3 nitrogen and oxygen atoms in total. The summed E-state index contributed by atoms with van der Waals surface area (Å²) in [5, 5.41) is 12.5. The molecule has 2 rings (SSSR count). The van der Waals surface area contributed by atoms with Gasteiger partial charge in [0.05, 0.1) is 22.3 Å². The van der Waals surface area contributed by atoms with Crippen LogP contribution in [-0.2, 0) is 10.5 Å². The number of allylic oxidation sites excluding steroid dienone is 1. The van der Waals surface area contributed by atoms with Crippen LogP contribution in [0.1, 0.15) is 12.0 Å². The Morgan fingerprint density at radius 1 is 1.41 bits per heavy atom. The smallest absolute Gasteiger partial charge is 0.234 e. The summed E-state index contributed by atoms with van der Waals surface area (Å²) in [4.78, 5) is 12.1. The van der Waals surface area contributed by atoms with Crippen molar-refractivity contribution in [1.82, 2.24) is 5.32 Å². The van der Waals surface area contributed by atoms with Gasteiger partial charge in [0.15, 0.2) is 0 Å². The van der Waals surface area contributed by atoms with Crippen molar-refractivity contribution in [3.05, 3.63) is 45.3 Å². The molecule has 1 aromatic rings. The van der Waals surface area contributed by atoms with Gasteiger partial charge in [0.25, 0.3) is 0 Å². The number of halogens is 2. The van der Waals surface area contributed by atoms with Gasteiger partial charge in [0, 0.05) is 23.0 Å². The van der Waals surface area contributed by atoms with Crippen molar-refractivity contribution in [1.29, 1.82) is 0 Å². The average molecular weight is 378 g/mol. The molecule has 0 fully saturated rings. The van der Waals surface area contributed by atoms with E-state index in [2.05, 4.69) is 17.4 Å². The minimum absolute atomic E-state index is 0.0835. The van der Waals surface area contributed by atoms with Crippen LogP contribution >= 0.6 is 46.7 Å². The predicted octanol–water partition coefficient (Wildman–Crippen LogP) is 3.55. The van der Waals surface area contributed by atoms with Crippen molar-refractivity contribution in [3.8, 4) is 0 Å². The van der Waals surface area contributed by atoms with E-state index in [4.69, 9.17) is 23.2 Å². The number of aliphatic hydroxyl groups excluding tert-OH is 1. The first-order chi connectivity index (χ1) is 10.6. The average Bonchev–Trinajstić information content (AvgIpc) is 2.87. The lowest BCUT2D eigenvalue weighted by Crippen LogP contribution is -2.43. The molecule has 2 N–H and O–H groups in total. The topological polar surface area (TPSA) is 49.3 Å². The molecule has 0 radical (unpaired) electrons. The van der Waals surface area contributed by atoms with Crippen LogP contribution in [0.4, 0.5) is 0 Å². The molecule has 1 aliphatic rings. The highest BCUT2D eigenvalue weighted by molar-refractivity contribution is 8.06. The second-order valence-corrected chi connectivity index (χ2v) is 8.18. The van der Waals surface area contributed by atoms with E-state index < -0.39 is 0 Å². The minimum atomic E-state index is -0.298. The first-order valence-electron chi connectivity index (χ1n) is 6.84. The van der Waals surface area contributed by atoms with Crippen LogP contribution in [0.15, 0.2) is 39.7 Å².